The van der Waals surface area contributed by atoms with Crippen molar-refractivity contribution in [2.24, 2.45) is 0 Å². The highest BCUT2D eigenvalue weighted by molar-refractivity contribution is 6.36. The van der Waals surface area contributed by atoms with Crippen molar-refractivity contribution in [3.05, 3.63) is 56.7 Å². The van der Waals surface area contributed by atoms with Crippen LogP contribution in [-0.2, 0) is 6.54 Å². The van der Waals surface area contributed by atoms with E-state index in [2.05, 4.69) is 4.98 Å². The lowest BCUT2D eigenvalue weighted by Crippen LogP contribution is -2.27. The van der Waals surface area contributed by atoms with Crippen LogP contribution in [-0.4, -0.2) is 29.9 Å². The molecule has 0 atom stereocenters. The van der Waals surface area contributed by atoms with Gasteiger partial charge in [0.15, 0.2) is 0 Å². The standard InChI is InChI=1S/C15H13Cl3N2O2/c1-20(8-11-12(17)4-3-5-13(11)18)15(21)10-6-9(16)7-19-14(10)22-2/h3-7H,8H2,1-2H3. The quantitative estimate of drug-likeness (QED) is 0.816. The Labute approximate surface area is 143 Å². The third-order valence-electron chi connectivity index (χ3n) is 3.05. The maximum Gasteiger partial charge on any atom is 0.259 e. The molecule has 2 aromatic rings. The predicted octanol–water partition coefficient (Wildman–Crippen LogP) is 4.32. The van der Waals surface area contributed by atoms with Gasteiger partial charge in [-0.05, 0) is 18.2 Å². The molecule has 0 unspecified atom stereocenters. The van der Waals surface area contributed by atoms with Crippen LogP contribution in [0.1, 0.15) is 15.9 Å². The fraction of sp³-hybridized carbons (Fsp3) is 0.200. The Morgan fingerprint density at radius 1 is 1.27 bits per heavy atom. The van der Waals surface area contributed by atoms with Gasteiger partial charge in [0.2, 0.25) is 5.88 Å². The van der Waals surface area contributed by atoms with Gasteiger partial charge in [-0.15, -0.1) is 0 Å². The normalized spacial score (nSPS) is 10.4. The Hall–Kier alpha value is -1.49. The number of carbonyl (C=O) groups is 1. The number of ether oxygens (including phenoxy) is 1. The molecule has 0 spiro atoms. The van der Waals surface area contributed by atoms with Gasteiger partial charge in [-0.25, -0.2) is 4.98 Å². The van der Waals surface area contributed by atoms with E-state index in [4.69, 9.17) is 39.5 Å². The Bertz CT molecular complexity index is 687. The summed E-state index contributed by atoms with van der Waals surface area (Å²) in [5.41, 5.74) is 0.955. The largest absolute Gasteiger partial charge is 0.480 e. The molecule has 0 aliphatic heterocycles. The third-order valence-corrected chi connectivity index (χ3v) is 3.96. The zero-order valence-corrected chi connectivity index (χ0v) is 14.2. The minimum atomic E-state index is -0.289. The number of methoxy groups -OCH3 is 1. The second kappa shape index (κ2) is 7.18. The molecule has 0 saturated heterocycles. The number of pyridine rings is 1. The Morgan fingerprint density at radius 3 is 2.50 bits per heavy atom. The van der Waals surface area contributed by atoms with Gasteiger partial charge in [-0.1, -0.05) is 40.9 Å². The molecular formula is C15H13Cl3N2O2. The molecule has 0 saturated carbocycles. The van der Waals surface area contributed by atoms with Crippen molar-refractivity contribution in [3.8, 4) is 5.88 Å². The molecule has 0 aliphatic rings. The van der Waals surface area contributed by atoms with Gasteiger partial charge in [0.1, 0.15) is 5.56 Å². The van der Waals surface area contributed by atoms with Crippen molar-refractivity contribution in [1.29, 1.82) is 0 Å². The number of halogens is 3. The summed E-state index contributed by atoms with van der Waals surface area (Å²) in [4.78, 5) is 18.0. The van der Waals surface area contributed by atoms with E-state index in [9.17, 15) is 4.79 Å². The van der Waals surface area contributed by atoms with Crippen LogP contribution in [0, 0.1) is 0 Å². The monoisotopic (exact) mass is 358 g/mol. The molecule has 7 heteroatoms. The molecule has 0 aliphatic carbocycles. The molecule has 0 N–H and O–H groups in total. The molecule has 0 fully saturated rings. The Morgan fingerprint density at radius 2 is 1.91 bits per heavy atom. The molecule has 116 valence electrons. The highest BCUT2D eigenvalue weighted by atomic mass is 35.5. The summed E-state index contributed by atoms with van der Waals surface area (Å²) in [7, 11) is 3.08. The molecule has 0 bridgehead atoms. The van der Waals surface area contributed by atoms with Crippen molar-refractivity contribution in [2.45, 2.75) is 6.54 Å². The third kappa shape index (κ3) is 3.64. The zero-order valence-electron chi connectivity index (χ0n) is 11.9. The molecule has 2 rings (SSSR count). The van der Waals surface area contributed by atoms with Crippen molar-refractivity contribution in [3.63, 3.8) is 0 Å². The number of hydrogen-bond donors (Lipinski definition) is 0. The van der Waals surface area contributed by atoms with E-state index in [-0.39, 0.29) is 23.9 Å². The van der Waals surface area contributed by atoms with Crippen LogP contribution in [0.15, 0.2) is 30.5 Å². The smallest absolute Gasteiger partial charge is 0.259 e. The number of carbonyl (C=O) groups excluding carboxylic acids is 1. The van der Waals surface area contributed by atoms with Crippen LogP contribution >= 0.6 is 34.8 Å². The second-order valence-corrected chi connectivity index (χ2v) is 5.82. The Balaban J connectivity index is 2.28. The lowest BCUT2D eigenvalue weighted by molar-refractivity contribution is 0.0781. The second-order valence-electron chi connectivity index (χ2n) is 4.57. The number of rotatable bonds is 4. The van der Waals surface area contributed by atoms with Crippen LogP contribution in [0.5, 0.6) is 5.88 Å². The molecule has 1 aromatic heterocycles. The maximum absolute atomic E-state index is 12.6. The lowest BCUT2D eigenvalue weighted by atomic mass is 10.2. The van der Waals surface area contributed by atoms with Crippen molar-refractivity contribution >= 4 is 40.7 Å². The zero-order chi connectivity index (χ0) is 16.3. The van der Waals surface area contributed by atoms with Crippen molar-refractivity contribution in [1.82, 2.24) is 9.88 Å². The SMILES string of the molecule is COc1ncc(Cl)cc1C(=O)N(C)Cc1c(Cl)cccc1Cl. The number of aromatic nitrogens is 1. The number of hydrogen-bond acceptors (Lipinski definition) is 3. The minimum absolute atomic E-state index is 0.214. The van der Waals surface area contributed by atoms with E-state index in [1.807, 2.05) is 0 Å². The van der Waals surface area contributed by atoms with Crippen LogP contribution in [0.25, 0.3) is 0 Å². The van der Waals surface area contributed by atoms with E-state index in [0.717, 1.165) is 0 Å². The van der Waals surface area contributed by atoms with Crippen molar-refractivity contribution < 1.29 is 9.53 Å². The first-order chi connectivity index (χ1) is 10.4. The van der Waals surface area contributed by atoms with Gasteiger partial charge < -0.3 is 9.64 Å². The van der Waals surface area contributed by atoms with Gasteiger partial charge in [0.25, 0.3) is 5.91 Å². The van der Waals surface area contributed by atoms with Crippen LogP contribution in [0.3, 0.4) is 0 Å². The molecule has 4 nitrogen and oxygen atoms in total. The molecule has 22 heavy (non-hydrogen) atoms. The van der Waals surface area contributed by atoms with Gasteiger partial charge >= 0.3 is 0 Å². The average Bonchev–Trinajstić information content (AvgIpc) is 2.50. The van der Waals surface area contributed by atoms with Crippen LogP contribution in [0.4, 0.5) is 0 Å². The lowest BCUT2D eigenvalue weighted by Gasteiger charge is -2.19. The van der Waals surface area contributed by atoms with Crippen LogP contribution < -0.4 is 4.74 Å². The van der Waals surface area contributed by atoms with Gasteiger partial charge in [-0.2, -0.15) is 0 Å². The molecule has 1 amide bonds. The predicted molar refractivity (Wildman–Crippen MR) is 88.1 cm³/mol. The number of nitrogens with zero attached hydrogens (tertiary/aromatic N) is 2. The fourth-order valence-corrected chi connectivity index (χ4v) is 2.62. The summed E-state index contributed by atoms with van der Waals surface area (Å²) in [6.45, 7) is 0.257. The van der Waals surface area contributed by atoms with Crippen molar-refractivity contribution in [2.75, 3.05) is 14.2 Å². The first-order valence-electron chi connectivity index (χ1n) is 6.32. The van der Waals surface area contributed by atoms with E-state index in [1.54, 1.807) is 25.2 Å². The molecule has 0 radical (unpaired) electrons. The van der Waals surface area contributed by atoms with Gasteiger partial charge in [-0.3, -0.25) is 4.79 Å². The first kappa shape index (κ1) is 16.9. The highest BCUT2D eigenvalue weighted by Gasteiger charge is 2.20. The van der Waals surface area contributed by atoms with Gasteiger partial charge in [0, 0.05) is 35.4 Å². The van der Waals surface area contributed by atoms with Crippen LogP contribution in [0.2, 0.25) is 15.1 Å². The Kier molecular flexibility index (Phi) is 5.51. The summed E-state index contributed by atoms with van der Waals surface area (Å²) in [5, 5.41) is 1.36. The molecule has 1 heterocycles. The maximum atomic E-state index is 12.6. The van der Waals surface area contributed by atoms with E-state index in [0.29, 0.717) is 20.6 Å². The number of amides is 1. The van der Waals surface area contributed by atoms with Gasteiger partial charge in [0.05, 0.1) is 12.1 Å². The van der Waals surface area contributed by atoms with E-state index < -0.39 is 0 Å². The van der Waals surface area contributed by atoms with E-state index in [1.165, 1.54) is 24.3 Å². The highest BCUT2D eigenvalue weighted by Crippen LogP contribution is 2.27. The molecular weight excluding hydrogens is 347 g/mol. The average molecular weight is 360 g/mol. The summed E-state index contributed by atoms with van der Waals surface area (Å²) in [5.74, 6) is -0.0747. The summed E-state index contributed by atoms with van der Waals surface area (Å²) < 4.78 is 5.10. The summed E-state index contributed by atoms with van der Waals surface area (Å²) in [6.07, 6.45) is 1.42. The topological polar surface area (TPSA) is 42.4 Å². The first-order valence-corrected chi connectivity index (χ1v) is 7.45. The number of benzene rings is 1. The van der Waals surface area contributed by atoms with E-state index >= 15 is 0 Å². The summed E-state index contributed by atoms with van der Waals surface area (Å²) >= 11 is 18.2. The summed E-state index contributed by atoms with van der Waals surface area (Å²) in [6, 6.07) is 6.71. The minimum Gasteiger partial charge on any atom is -0.480 e. The fourth-order valence-electron chi connectivity index (χ4n) is 1.94. The molecule has 1 aromatic carbocycles.